The van der Waals surface area contributed by atoms with Crippen LogP contribution in [0.25, 0.3) is 11.1 Å². The molecule has 7 heteroatoms. The van der Waals surface area contributed by atoms with E-state index in [-0.39, 0.29) is 24.0 Å². The number of aromatic carboxylic acids is 1. The fourth-order valence-corrected chi connectivity index (χ4v) is 5.03. The molecule has 0 saturated carbocycles. The number of amides is 2. The normalized spacial score (nSPS) is 14.9. The maximum Gasteiger partial charge on any atom is 0.407 e. The quantitative estimate of drug-likeness (QED) is 0.583. The molecule has 2 amide bonds. The highest BCUT2D eigenvalue weighted by Gasteiger charge is 2.30. The lowest BCUT2D eigenvalue weighted by molar-refractivity contribution is -0.133. The Hall–Kier alpha value is -4.13. The van der Waals surface area contributed by atoms with Crippen LogP contribution in [0, 0.1) is 0 Å². The molecule has 0 unspecified atom stereocenters. The molecule has 1 atom stereocenters. The van der Waals surface area contributed by atoms with E-state index < -0.39 is 18.1 Å². The smallest absolute Gasteiger partial charge is 0.407 e. The zero-order valence-electron chi connectivity index (χ0n) is 19.4. The number of hydrogen-bond acceptors (Lipinski definition) is 4. The van der Waals surface area contributed by atoms with E-state index in [0.717, 1.165) is 33.4 Å². The Labute approximate surface area is 203 Å². The number of nitrogens with one attached hydrogen (secondary N) is 1. The molecule has 0 saturated heterocycles. The Morgan fingerprint density at radius 3 is 2.31 bits per heavy atom. The van der Waals surface area contributed by atoms with E-state index in [1.165, 1.54) is 0 Å². The van der Waals surface area contributed by atoms with Crippen molar-refractivity contribution in [2.75, 3.05) is 13.2 Å². The zero-order chi connectivity index (χ0) is 24.5. The van der Waals surface area contributed by atoms with Crippen molar-refractivity contribution in [3.63, 3.8) is 0 Å². The van der Waals surface area contributed by atoms with Gasteiger partial charge in [0.1, 0.15) is 12.6 Å². The van der Waals surface area contributed by atoms with Gasteiger partial charge in [-0.1, -0.05) is 54.6 Å². The Kier molecular flexibility index (Phi) is 5.99. The first kappa shape index (κ1) is 22.7. The third-order valence-corrected chi connectivity index (χ3v) is 6.83. The predicted octanol–water partition coefficient (Wildman–Crippen LogP) is 4.20. The highest BCUT2D eigenvalue weighted by molar-refractivity contribution is 5.88. The number of rotatable bonds is 5. The van der Waals surface area contributed by atoms with Crippen LogP contribution in [0.5, 0.6) is 0 Å². The van der Waals surface area contributed by atoms with Gasteiger partial charge in [0, 0.05) is 19.0 Å². The summed E-state index contributed by atoms with van der Waals surface area (Å²) in [4.78, 5) is 38.4. The van der Waals surface area contributed by atoms with Crippen LogP contribution in [0.2, 0.25) is 0 Å². The van der Waals surface area contributed by atoms with Crippen LogP contribution in [0.4, 0.5) is 4.79 Å². The summed E-state index contributed by atoms with van der Waals surface area (Å²) in [6.07, 6.45) is -0.0592. The second kappa shape index (κ2) is 9.25. The van der Waals surface area contributed by atoms with Crippen molar-refractivity contribution in [3.05, 3.63) is 94.5 Å². The molecule has 5 rings (SSSR count). The Balaban J connectivity index is 1.19. The standard InChI is InChI=1S/C28H26N2O5/c1-17(26(31)30-13-12-18-14-19(27(32)33)10-11-20(18)15-30)29-28(34)35-16-25-23-8-4-2-6-21(23)22-7-3-5-9-24(22)25/h2-11,14,17,25H,12-13,15-16H2,1H3,(H,29,34)(H,32,33)/t17-/m0/s1. The molecule has 3 aromatic rings. The lowest BCUT2D eigenvalue weighted by atomic mass is 9.97. The topological polar surface area (TPSA) is 95.9 Å². The van der Waals surface area contributed by atoms with Crippen molar-refractivity contribution in [3.8, 4) is 11.1 Å². The SMILES string of the molecule is C[C@H](NC(=O)OCC1c2ccccc2-c2ccccc21)C(=O)N1CCc2cc(C(=O)O)ccc2C1. The summed E-state index contributed by atoms with van der Waals surface area (Å²) in [5.74, 6) is -1.22. The fourth-order valence-electron chi connectivity index (χ4n) is 5.03. The molecule has 0 spiro atoms. The average Bonchev–Trinajstić information content (AvgIpc) is 3.20. The molecule has 178 valence electrons. The number of carboxylic acid groups (broad SMARTS) is 1. The van der Waals surface area contributed by atoms with Gasteiger partial charge in [0.2, 0.25) is 5.91 Å². The molecule has 0 aromatic heterocycles. The number of nitrogens with zero attached hydrogens (tertiary/aromatic N) is 1. The summed E-state index contributed by atoms with van der Waals surface area (Å²) in [7, 11) is 0. The molecule has 0 fully saturated rings. The van der Waals surface area contributed by atoms with Crippen LogP contribution in [-0.2, 0) is 22.5 Å². The van der Waals surface area contributed by atoms with Crippen LogP contribution in [0.1, 0.15) is 45.5 Å². The number of alkyl carbamates (subject to hydrolysis) is 1. The molecule has 2 N–H and O–H groups in total. The van der Waals surface area contributed by atoms with Crippen molar-refractivity contribution in [1.29, 1.82) is 0 Å². The molecule has 0 radical (unpaired) electrons. The first-order valence-corrected chi connectivity index (χ1v) is 11.7. The molecular formula is C28H26N2O5. The van der Waals surface area contributed by atoms with Crippen LogP contribution in [0.3, 0.4) is 0 Å². The maximum absolute atomic E-state index is 13.0. The number of carbonyl (C=O) groups excluding carboxylic acids is 2. The zero-order valence-corrected chi connectivity index (χ0v) is 19.4. The van der Waals surface area contributed by atoms with Crippen molar-refractivity contribution in [2.45, 2.75) is 31.8 Å². The minimum Gasteiger partial charge on any atom is -0.478 e. The molecule has 3 aromatic carbocycles. The molecule has 0 bridgehead atoms. The molecule has 35 heavy (non-hydrogen) atoms. The van der Waals surface area contributed by atoms with Crippen LogP contribution < -0.4 is 5.32 Å². The molecule has 2 aliphatic rings. The van der Waals surface area contributed by atoms with Gasteiger partial charge in [-0.3, -0.25) is 4.79 Å². The predicted molar refractivity (Wildman–Crippen MR) is 130 cm³/mol. The van der Waals surface area contributed by atoms with E-state index in [0.29, 0.717) is 19.5 Å². The average molecular weight is 471 g/mol. The lowest BCUT2D eigenvalue weighted by Crippen LogP contribution is -2.48. The van der Waals surface area contributed by atoms with Gasteiger partial charge in [0.05, 0.1) is 5.56 Å². The van der Waals surface area contributed by atoms with E-state index >= 15 is 0 Å². The Morgan fingerprint density at radius 1 is 1.00 bits per heavy atom. The monoisotopic (exact) mass is 470 g/mol. The van der Waals surface area contributed by atoms with E-state index in [1.807, 2.05) is 24.3 Å². The highest BCUT2D eigenvalue weighted by atomic mass is 16.5. The summed E-state index contributed by atoms with van der Waals surface area (Å²) in [6, 6.07) is 20.5. The summed E-state index contributed by atoms with van der Waals surface area (Å²) in [5.41, 5.74) is 6.66. The van der Waals surface area contributed by atoms with Crippen molar-refractivity contribution < 1.29 is 24.2 Å². The number of carbonyl (C=O) groups is 3. The van der Waals surface area contributed by atoms with Gasteiger partial charge in [0.15, 0.2) is 0 Å². The minimum atomic E-state index is -0.966. The first-order valence-electron chi connectivity index (χ1n) is 11.7. The number of carboxylic acids is 1. The number of benzene rings is 3. The van der Waals surface area contributed by atoms with Crippen molar-refractivity contribution >= 4 is 18.0 Å². The second-order valence-electron chi connectivity index (χ2n) is 8.99. The van der Waals surface area contributed by atoms with Gasteiger partial charge < -0.3 is 20.1 Å². The number of ether oxygens (including phenoxy) is 1. The van der Waals surface area contributed by atoms with Crippen LogP contribution in [0.15, 0.2) is 66.7 Å². The summed E-state index contributed by atoms with van der Waals surface area (Å²) in [6.45, 7) is 2.67. The van der Waals surface area contributed by atoms with E-state index in [4.69, 9.17) is 4.74 Å². The third kappa shape index (κ3) is 4.37. The van der Waals surface area contributed by atoms with E-state index in [2.05, 4.69) is 29.6 Å². The molecular weight excluding hydrogens is 444 g/mol. The van der Waals surface area contributed by atoms with Gasteiger partial charge in [-0.15, -0.1) is 0 Å². The van der Waals surface area contributed by atoms with Crippen LogP contribution in [-0.4, -0.2) is 47.2 Å². The lowest BCUT2D eigenvalue weighted by Gasteiger charge is -2.31. The van der Waals surface area contributed by atoms with Gasteiger partial charge in [-0.05, 0) is 58.9 Å². The van der Waals surface area contributed by atoms with Gasteiger partial charge in [0.25, 0.3) is 0 Å². The molecule has 1 aliphatic carbocycles. The van der Waals surface area contributed by atoms with Gasteiger partial charge in [-0.25, -0.2) is 9.59 Å². The van der Waals surface area contributed by atoms with E-state index in [9.17, 15) is 19.5 Å². The van der Waals surface area contributed by atoms with E-state index in [1.54, 1.807) is 30.0 Å². The highest BCUT2D eigenvalue weighted by Crippen LogP contribution is 2.44. The van der Waals surface area contributed by atoms with Crippen molar-refractivity contribution in [2.24, 2.45) is 0 Å². The van der Waals surface area contributed by atoms with Gasteiger partial charge >= 0.3 is 12.1 Å². The van der Waals surface area contributed by atoms with Gasteiger partial charge in [-0.2, -0.15) is 0 Å². The fraction of sp³-hybridized carbons (Fsp3) is 0.250. The van der Waals surface area contributed by atoms with Crippen molar-refractivity contribution in [1.82, 2.24) is 10.2 Å². The third-order valence-electron chi connectivity index (χ3n) is 6.83. The summed E-state index contributed by atoms with van der Waals surface area (Å²) >= 11 is 0. The second-order valence-corrected chi connectivity index (χ2v) is 8.99. The molecule has 1 aliphatic heterocycles. The first-order chi connectivity index (χ1) is 16.9. The largest absolute Gasteiger partial charge is 0.478 e. The number of hydrogen-bond donors (Lipinski definition) is 2. The molecule has 1 heterocycles. The number of fused-ring (bicyclic) bond motifs is 4. The maximum atomic E-state index is 13.0. The van der Waals surface area contributed by atoms with Crippen LogP contribution >= 0.6 is 0 Å². The minimum absolute atomic E-state index is 0.0477. The molecule has 7 nitrogen and oxygen atoms in total. The summed E-state index contributed by atoms with van der Waals surface area (Å²) < 4.78 is 5.56. The Bertz CT molecular complexity index is 1270. The Morgan fingerprint density at radius 2 is 1.66 bits per heavy atom. The summed E-state index contributed by atoms with van der Waals surface area (Å²) in [5, 5.41) is 11.8.